The zero-order valence-electron chi connectivity index (χ0n) is 12.5. The highest BCUT2D eigenvalue weighted by molar-refractivity contribution is 7.89. The van der Waals surface area contributed by atoms with Gasteiger partial charge in [-0.1, -0.05) is 24.3 Å². The van der Waals surface area contributed by atoms with E-state index in [2.05, 4.69) is 0 Å². The van der Waals surface area contributed by atoms with E-state index in [4.69, 9.17) is 0 Å². The SMILES string of the molecule is CC(c1ccc(F)cc1)N(C)S(=O)(=O)c1ccccc1[N+](=O)[O-]. The van der Waals surface area contributed by atoms with Gasteiger partial charge in [-0.25, -0.2) is 12.8 Å². The Morgan fingerprint density at radius 1 is 1.13 bits per heavy atom. The highest BCUT2D eigenvalue weighted by atomic mass is 32.2. The lowest BCUT2D eigenvalue weighted by Gasteiger charge is -2.24. The average Bonchev–Trinajstić information content (AvgIpc) is 2.54. The number of sulfonamides is 1. The van der Waals surface area contributed by atoms with Crippen LogP contribution in [0.5, 0.6) is 0 Å². The van der Waals surface area contributed by atoms with E-state index in [1.807, 2.05) is 0 Å². The molecule has 2 aromatic rings. The first-order valence-electron chi connectivity index (χ1n) is 6.72. The van der Waals surface area contributed by atoms with Crippen molar-refractivity contribution in [1.82, 2.24) is 4.31 Å². The van der Waals surface area contributed by atoms with Crippen LogP contribution in [-0.4, -0.2) is 24.7 Å². The van der Waals surface area contributed by atoms with E-state index >= 15 is 0 Å². The second-order valence-electron chi connectivity index (χ2n) is 4.97. The number of hydrogen-bond donors (Lipinski definition) is 0. The van der Waals surface area contributed by atoms with Crippen LogP contribution in [-0.2, 0) is 10.0 Å². The molecular formula is C15H15FN2O4S. The molecule has 0 saturated carbocycles. The zero-order chi connectivity index (χ0) is 17.2. The molecule has 6 nitrogen and oxygen atoms in total. The van der Waals surface area contributed by atoms with E-state index in [1.54, 1.807) is 6.92 Å². The lowest BCUT2D eigenvalue weighted by Crippen LogP contribution is -2.30. The number of nitro groups is 1. The van der Waals surface area contributed by atoms with Crippen molar-refractivity contribution >= 4 is 15.7 Å². The number of halogens is 1. The molecule has 122 valence electrons. The molecule has 0 saturated heterocycles. The second kappa shape index (κ2) is 6.43. The summed E-state index contributed by atoms with van der Waals surface area (Å²) in [6.07, 6.45) is 0. The van der Waals surface area contributed by atoms with Gasteiger partial charge in [0.1, 0.15) is 5.82 Å². The predicted molar refractivity (Wildman–Crippen MR) is 82.9 cm³/mol. The van der Waals surface area contributed by atoms with Crippen LogP contribution in [0.3, 0.4) is 0 Å². The fourth-order valence-corrected chi connectivity index (χ4v) is 3.65. The summed E-state index contributed by atoms with van der Waals surface area (Å²) < 4.78 is 39.4. The first-order chi connectivity index (χ1) is 10.7. The van der Waals surface area contributed by atoms with Crippen LogP contribution < -0.4 is 0 Å². The normalized spacial score (nSPS) is 13.0. The van der Waals surface area contributed by atoms with Gasteiger partial charge < -0.3 is 0 Å². The van der Waals surface area contributed by atoms with Gasteiger partial charge in [0.15, 0.2) is 4.90 Å². The average molecular weight is 338 g/mol. The molecule has 0 heterocycles. The van der Waals surface area contributed by atoms with Gasteiger partial charge in [-0.3, -0.25) is 10.1 Å². The van der Waals surface area contributed by atoms with Crippen LogP contribution in [0.4, 0.5) is 10.1 Å². The molecule has 1 atom stereocenters. The standard InChI is InChI=1S/C15H15FN2O4S/c1-11(12-7-9-13(16)10-8-12)17(2)23(21,22)15-6-4-3-5-14(15)18(19)20/h3-11H,1-2H3. The largest absolute Gasteiger partial charge is 0.289 e. The molecule has 23 heavy (non-hydrogen) atoms. The molecule has 8 heteroatoms. The van der Waals surface area contributed by atoms with Gasteiger partial charge in [-0.05, 0) is 30.7 Å². The molecule has 0 spiro atoms. The highest BCUT2D eigenvalue weighted by Gasteiger charge is 2.32. The molecule has 0 aliphatic rings. The minimum atomic E-state index is -4.07. The van der Waals surface area contributed by atoms with E-state index in [9.17, 15) is 22.9 Å². The summed E-state index contributed by atoms with van der Waals surface area (Å²) in [6, 6.07) is 9.98. The van der Waals surface area contributed by atoms with Gasteiger partial charge in [-0.2, -0.15) is 4.31 Å². The van der Waals surface area contributed by atoms with Gasteiger partial charge in [0, 0.05) is 19.2 Å². The summed E-state index contributed by atoms with van der Waals surface area (Å²) in [5.74, 6) is -0.426. The Morgan fingerprint density at radius 3 is 2.26 bits per heavy atom. The third-order valence-electron chi connectivity index (χ3n) is 3.62. The van der Waals surface area contributed by atoms with Crippen LogP contribution in [0.15, 0.2) is 53.4 Å². The molecule has 0 aliphatic carbocycles. The lowest BCUT2D eigenvalue weighted by atomic mass is 10.1. The summed E-state index contributed by atoms with van der Waals surface area (Å²) in [5, 5.41) is 11.0. The van der Waals surface area contributed by atoms with Gasteiger partial charge in [-0.15, -0.1) is 0 Å². The maximum Gasteiger partial charge on any atom is 0.289 e. The van der Waals surface area contributed by atoms with Gasteiger partial charge >= 0.3 is 0 Å². The van der Waals surface area contributed by atoms with E-state index in [-0.39, 0.29) is 4.90 Å². The van der Waals surface area contributed by atoms with Crippen molar-refractivity contribution in [2.24, 2.45) is 0 Å². The monoisotopic (exact) mass is 338 g/mol. The molecule has 0 aromatic heterocycles. The molecule has 0 N–H and O–H groups in total. The molecule has 2 rings (SSSR count). The Bertz CT molecular complexity index is 822. The van der Waals surface area contributed by atoms with Crippen LogP contribution >= 0.6 is 0 Å². The minimum Gasteiger partial charge on any atom is -0.258 e. The van der Waals surface area contributed by atoms with E-state index < -0.39 is 32.5 Å². The second-order valence-corrected chi connectivity index (χ2v) is 6.94. The Balaban J connectivity index is 2.43. The first-order valence-corrected chi connectivity index (χ1v) is 8.16. The van der Waals surface area contributed by atoms with E-state index in [0.29, 0.717) is 5.56 Å². The molecule has 0 radical (unpaired) electrons. The molecule has 0 amide bonds. The van der Waals surface area contributed by atoms with Gasteiger partial charge in [0.25, 0.3) is 5.69 Å². The Labute approximate surface area is 133 Å². The van der Waals surface area contributed by atoms with Crippen molar-refractivity contribution in [3.05, 3.63) is 70.0 Å². The number of benzene rings is 2. The molecule has 0 bridgehead atoms. The Morgan fingerprint density at radius 2 is 1.70 bits per heavy atom. The zero-order valence-corrected chi connectivity index (χ0v) is 13.3. The summed E-state index contributed by atoms with van der Waals surface area (Å²) in [4.78, 5) is 9.94. The van der Waals surface area contributed by atoms with Crippen LogP contribution in [0, 0.1) is 15.9 Å². The predicted octanol–water partition coefficient (Wildman–Crippen LogP) is 3.12. The minimum absolute atomic E-state index is 0.374. The van der Waals surface area contributed by atoms with E-state index in [0.717, 1.165) is 10.4 Å². The maximum absolute atomic E-state index is 13.0. The van der Waals surface area contributed by atoms with Crippen molar-refractivity contribution in [2.45, 2.75) is 17.9 Å². The quantitative estimate of drug-likeness (QED) is 0.620. The number of hydrogen-bond acceptors (Lipinski definition) is 4. The fourth-order valence-electron chi connectivity index (χ4n) is 2.14. The Hall–Kier alpha value is -2.32. The maximum atomic E-state index is 13.0. The van der Waals surface area contributed by atoms with Crippen molar-refractivity contribution < 1.29 is 17.7 Å². The van der Waals surface area contributed by atoms with Gasteiger partial charge in [0.2, 0.25) is 10.0 Å². The van der Waals surface area contributed by atoms with Crippen molar-refractivity contribution in [2.75, 3.05) is 7.05 Å². The third-order valence-corrected chi connectivity index (χ3v) is 5.59. The molecule has 0 fully saturated rings. The Kier molecular flexibility index (Phi) is 4.76. The summed E-state index contributed by atoms with van der Waals surface area (Å²) in [6.45, 7) is 1.62. The van der Waals surface area contributed by atoms with Crippen molar-refractivity contribution in [3.63, 3.8) is 0 Å². The summed E-state index contributed by atoms with van der Waals surface area (Å²) >= 11 is 0. The smallest absolute Gasteiger partial charge is 0.258 e. The van der Waals surface area contributed by atoms with Crippen LogP contribution in [0.2, 0.25) is 0 Å². The third kappa shape index (κ3) is 3.38. The van der Waals surface area contributed by atoms with Crippen LogP contribution in [0.25, 0.3) is 0 Å². The van der Waals surface area contributed by atoms with E-state index in [1.165, 1.54) is 49.5 Å². The fraction of sp³-hybridized carbons (Fsp3) is 0.200. The lowest BCUT2D eigenvalue weighted by molar-refractivity contribution is -0.387. The summed E-state index contributed by atoms with van der Waals surface area (Å²) in [7, 11) is -2.74. The van der Waals surface area contributed by atoms with Crippen LogP contribution in [0.1, 0.15) is 18.5 Å². The summed E-state index contributed by atoms with van der Waals surface area (Å²) in [5.41, 5.74) is 0.0988. The van der Waals surface area contributed by atoms with Gasteiger partial charge in [0.05, 0.1) is 4.92 Å². The topological polar surface area (TPSA) is 80.5 Å². The molecule has 1 unspecified atom stereocenters. The van der Waals surface area contributed by atoms with Crippen molar-refractivity contribution in [1.29, 1.82) is 0 Å². The highest BCUT2D eigenvalue weighted by Crippen LogP contribution is 2.30. The first kappa shape index (κ1) is 17.0. The van der Waals surface area contributed by atoms with Crippen molar-refractivity contribution in [3.8, 4) is 0 Å². The number of nitro benzene ring substituents is 1. The molecule has 2 aromatic carbocycles. The number of nitrogens with zero attached hydrogens (tertiary/aromatic N) is 2. The number of rotatable bonds is 5. The molecular weight excluding hydrogens is 323 g/mol. The number of para-hydroxylation sites is 1. The molecule has 0 aliphatic heterocycles.